The number of likely N-dealkylation sites (tertiary alicyclic amines) is 1. The van der Waals surface area contributed by atoms with Crippen molar-refractivity contribution in [1.29, 1.82) is 0 Å². The number of rotatable bonds is 5. The second-order valence-corrected chi connectivity index (χ2v) is 5.19. The van der Waals surface area contributed by atoms with E-state index < -0.39 is 0 Å². The smallest absolute Gasteiger partial charge is 0.165 e. The highest BCUT2D eigenvalue weighted by Crippen LogP contribution is 2.18. The van der Waals surface area contributed by atoms with Gasteiger partial charge in [0.1, 0.15) is 0 Å². The summed E-state index contributed by atoms with van der Waals surface area (Å²) in [6.07, 6.45) is 2.18. The van der Waals surface area contributed by atoms with Crippen LogP contribution in [0.5, 0.6) is 0 Å². The Kier molecular flexibility index (Phi) is 4.03. The Bertz CT molecular complexity index is 542. The van der Waals surface area contributed by atoms with Crippen molar-refractivity contribution < 1.29 is 5.11 Å². The van der Waals surface area contributed by atoms with E-state index in [-0.39, 0.29) is 12.6 Å². The third-order valence-corrected chi connectivity index (χ3v) is 3.84. The van der Waals surface area contributed by atoms with Gasteiger partial charge in [-0.3, -0.25) is 4.90 Å². The minimum atomic E-state index is 0.209. The van der Waals surface area contributed by atoms with Gasteiger partial charge in [0.25, 0.3) is 0 Å². The maximum atomic E-state index is 9.37. The van der Waals surface area contributed by atoms with Crippen molar-refractivity contribution in [2.24, 2.45) is 0 Å². The molecule has 20 heavy (non-hydrogen) atoms. The van der Waals surface area contributed by atoms with Gasteiger partial charge in [0.15, 0.2) is 5.82 Å². The maximum Gasteiger partial charge on any atom is 0.165 e. The summed E-state index contributed by atoms with van der Waals surface area (Å²) >= 11 is 0. The maximum absolute atomic E-state index is 9.37. The van der Waals surface area contributed by atoms with Crippen molar-refractivity contribution in [3.05, 3.63) is 41.7 Å². The summed E-state index contributed by atoms with van der Waals surface area (Å²) in [5.41, 5.74) is 1.18. The van der Waals surface area contributed by atoms with Gasteiger partial charge in [0, 0.05) is 6.04 Å². The van der Waals surface area contributed by atoms with Gasteiger partial charge in [-0.2, -0.15) is 0 Å². The van der Waals surface area contributed by atoms with Crippen LogP contribution >= 0.6 is 0 Å². The summed E-state index contributed by atoms with van der Waals surface area (Å²) in [6, 6.07) is 10.4. The fourth-order valence-electron chi connectivity index (χ4n) is 2.71. The van der Waals surface area contributed by atoms with Crippen LogP contribution in [-0.2, 0) is 13.1 Å². The summed E-state index contributed by atoms with van der Waals surface area (Å²) in [6.45, 7) is 2.59. The van der Waals surface area contributed by atoms with E-state index in [0.717, 1.165) is 25.2 Å². The van der Waals surface area contributed by atoms with E-state index >= 15 is 0 Å². The Labute approximate surface area is 118 Å². The largest absolute Gasteiger partial charge is 0.395 e. The van der Waals surface area contributed by atoms with Crippen molar-refractivity contribution in [2.45, 2.75) is 32.0 Å². The van der Waals surface area contributed by atoms with Crippen LogP contribution in [0.15, 0.2) is 30.3 Å². The first-order valence-corrected chi connectivity index (χ1v) is 7.00. The zero-order chi connectivity index (χ0) is 13.8. The van der Waals surface area contributed by atoms with E-state index in [9.17, 15) is 5.11 Å². The molecule has 0 amide bonds. The summed E-state index contributed by atoms with van der Waals surface area (Å²) in [5, 5.41) is 21.3. The van der Waals surface area contributed by atoms with Crippen LogP contribution in [0.25, 0.3) is 0 Å². The molecule has 0 spiro atoms. The lowest BCUT2D eigenvalue weighted by Crippen LogP contribution is -2.32. The highest BCUT2D eigenvalue weighted by atomic mass is 16.3. The minimum Gasteiger partial charge on any atom is -0.395 e. The van der Waals surface area contributed by atoms with E-state index in [2.05, 4.69) is 32.6 Å². The van der Waals surface area contributed by atoms with E-state index in [0.29, 0.717) is 13.1 Å². The average molecular weight is 273 g/mol. The molecule has 1 saturated heterocycles. The van der Waals surface area contributed by atoms with Crippen molar-refractivity contribution in [3.8, 4) is 0 Å². The zero-order valence-electron chi connectivity index (χ0n) is 11.4. The first kappa shape index (κ1) is 13.2. The second-order valence-electron chi connectivity index (χ2n) is 5.19. The first-order valence-electron chi connectivity index (χ1n) is 7.00. The average Bonchev–Trinajstić information content (AvgIpc) is 3.10. The molecule has 0 unspecified atom stereocenters. The third kappa shape index (κ3) is 2.86. The van der Waals surface area contributed by atoms with Gasteiger partial charge in [-0.15, -0.1) is 5.10 Å². The molecule has 1 atom stereocenters. The van der Waals surface area contributed by atoms with Crippen LogP contribution < -0.4 is 0 Å². The van der Waals surface area contributed by atoms with Crippen LogP contribution in [0.3, 0.4) is 0 Å². The second kappa shape index (κ2) is 6.11. The number of aliphatic hydroxyl groups excluding tert-OH is 1. The van der Waals surface area contributed by atoms with Crippen molar-refractivity contribution in [3.63, 3.8) is 0 Å². The number of aromatic nitrogens is 4. The molecule has 1 fully saturated rings. The topological polar surface area (TPSA) is 67.1 Å². The van der Waals surface area contributed by atoms with E-state index in [1.54, 1.807) is 0 Å². The molecular formula is C14H19N5O. The van der Waals surface area contributed by atoms with Crippen molar-refractivity contribution in [2.75, 3.05) is 13.2 Å². The van der Waals surface area contributed by atoms with Crippen molar-refractivity contribution >= 4 is 0 Å². The third-order valence-electron chi connectivity index (χ3n) is 3.84. The van der Waals surface area contributed by atoms with E-state index in [4.69, 9.17) is 0 Å². The molecule has 1 aliphatic heterocycles. The highest BCUT2D eigenvalue weighted by Gasteiger charge is 2.25. The molecule has 1 aromatic heterocycles. The predicted octanol–water partition coefficient (Wildman–Crippen LogP) is 0.678. The molecule has 1 aromatic carbocycles. The van der Waals surface area contributed by atoms with Crippen LogP contribution in [0, 0.1) is 0 Å². The van der Waals surface area contributed by atoms with Gasteiger partial charge in [0.05, 0.1) is 19.7 Å². The number of aliphatic hydroxyl groups is 1. The SMILES string of the molecule is OC[C@@H]1CCCN1Cc1nnnn1Cc1ccccc1. The van der Waals surface area contributed by atoms with Gasteiger partial charge in [-0.05, 0) is 35.4 Å². The number of nitrogens with zero attached hydrogens (tertiary/aromatic N) is 5. The lowest BCUT2D eigenvalue weighted by atomic mass is 10.2. The van der Waals surface area contributed by atoms with Gasteiger partial charge in [-0.25, -0.2) is 4.68 Å². The number of benzene rings is 1. The van der Waals surface area contributed by atoms with Crippen LogP contribution in [-0.4, -0.2) is 49.4 Å². The molecule has 2 heterocycles. The molecule has 106 valence electrons. The minimum absolute atomic E-state index is 0.209. The molecule has 0 radical (unpaired) electrons. The fourth-order valence-corrected chi connectivity index (χ4v) is 2.71. The number of tetrazole rings is 1. The van der Waals surface area contributed by atoms with Crippen LogP contribution in [0.1, 0.15) is 24.2 Å². The molecule has 6 nitrogen and oxygen atoms in total. The molecule has 1 N–H and O–H groups in total. The lowest BCUT2D eigenvalue weighted by molar-refractivity contribution is 0.149. The first-order chi connectivity index (χ1) is 9.86. The summed E-state index contributed by atoms with van der Waals surface area (Å²) in [4.78, 5) is 2.26. The van der Waals surface area contributed by atoms with Gasteiger partial charge < -0.3 is 5.11 Å². The zero-order valence-corrected chi connectivity index (χ0v) is 11.4. The number of hydrogen-bond donors (Lipinski definition) is 1. The Hall–Kier alpha value is -1.79. The van der Waals surface area contributed by atoms with Crippen molar-refractivity contribution in [1.82, 2.24) is 25.1 Å². The predicted molar refractivity (Wildman–Crippen MR) is 73.9 cm³/mol. The summed E-state index contributed by atoms with van der Waals surface area (Å²) < 4.78 is 1.84. The van der Waals surface area contributed by atoms with Gasteiger partial charge in [-0.1, -0.05) is 30.3 Å². The normalized spacial score (nSPS) is 19.6. The molecule has 1 aliphatic rings. The number of hydrogen-bond acceptors (Lipinski definition) is 5. The molecule has 0 aliphatic carbocycles. The quantitative estimate of drug-likeness (QED) is 0.867. The molecule has 6 heteroatoms. The van der Waals surface area contributed by atoms with E-state index in [1.807, 2.05) is 22.9 Å². The van der Waals surface area contributed by atoms with Crippen LogP contribution in [0.2, 0.25) is 0 Å². The molecule has 0 bridgehead atoms. The Balaban J connectivity index is 1.70. The van der Waals surface area contributed by atoms with Gasteiger partial charge in [0.2, 0.25) is 0 Å². The van der Waals surface area contributed by atoms with E-state index in [1.165, 1.54) is 5.56 Å². The lowest BCUT2D eigenvalue weighted by Gasteiger charge is -2.21. The summed E-state index contributed by atoms with van der Waals surface area (Å²) in [7, 11) is 0. The highest BCUT2D eigenvalue weighted by molar-refractivity contribution is 5.14. The fraction of sp³-hybridized carbons (Fsp3) is 0.500. The standard InChI is InChI=1S/C14H19N5O/c20-11-13-7-4-8-18(13)10-14-15-16-17-19(14)9-12-5-2-1-3-6-12/h1-3,5-6,13,20H,4,7-11H2/t13-/m0/s1. The molecule has 2 aromatic rings. The Morgan fingerprint density at radius 3 is 2.85 bits per heavy atom. The Morgan fingerprint density at radius 1 is 1.20 bits per heavy atom. The molecule has 3 rings (SSSR count). The summed E-state index contributed by atoms with van der Waals surface area (Å²) in [5.74, 6) is 0.856. The van der Waals surface area contributed by atoms with Gasteiger partial charge >= 0.3 is 0 Å². The van der Waals surface area contributed by atoms with Crippen LogP contribution in [0.4, 0.5) is 0 Å². The monoisotopic (exact) mass is 273 g/mol. The Morgan fingerprint density at radius 2 is 2.05 bits per heavy atom. The molecular weight excluding hydrogens is 254 g/mol. The molecule has 0 saturated carbocycles.